The number of nitrogens with zero attached hydrogens (tertiary/aromatic N) is 2. The molecule has 4 aromatic rings. The van der Waals surface area contributed by atoms with E-state index in [1.54, 1.807) is 0 Å². The number of hydrogen-bond acceptors (Lipinski definition) is 2. The van der Waals surface area contributed by atoms with Gasteiger partial charge in [-0.25, -0.2) is 0 Å². The topological polar surface area (TPSA) is 40.5 Å². The zero-order chi connectivity index (χ0) is 17.9. The van der Waals surface area contributed by atoms with Crippen LogP contribution in [0.3, 0.4) is 0 Å². The van der Waals surface area contributed by atoms with E-state index in [1.165, 1.54) is 11.1 Å². The number of hydrogen-bond donors (Lipinski definition) is 1. The molecule has 4 nitrogen and oxygen atoms in total. The standard InChI is InChI=1S/C22H23N3O/c1-24(13-7-10-17-8-3-2-4-9-17)15-18-14-21-23-22(26)19-11-5-6-12-20(19)25(21)16-18/h2-6,8-9,11-12,14,16H,7,10,13,15H2,1H3,(H,23,26). The molecule has 0 amide bonds. The van der Waals surface area contributed by atoms with Gasteiger partial charge >= 0.3 is 0 Å². The summed E-state index contributed by atoms with van der Waals surface area (Å²) in [5, 5.41) is 0.721. The van der Waals surface area contributed by atoms with Crippen LogP contribution in [0.25, 0.3) is 16.6 Å². The van der Waals surface area contributed by atoms with E-state index < -0.39 is 0 Å². The molecule has 0 aliphatic rings. The van der Waals surface area contributed by atoms with Crippen molar-refractivity contribution in [3.8, 4) is 0 Å². The second-order valence-electron chi connectivity index (χ2n) is 6.90. The number of aryl methyl sites for hydroxylation is 1. The largest absolute Gasteiger partial charge is 0.308 e. The van der Waals surface area contributed by atoms with Crippen molar-refractivity contribution in [2.75, 3.05) is 13.6 Å². The van der Waals surface area contributed by atoms with Gasteiger partial charge in [0.05, 0.1) is 10.9 Å². The van der Waals surface area contributed by atoms with Gasteiger partial charge in [0.1, 0.15) is 5.65 Å². The number of aromatic amines is 1. The Bertz CT molecular complexity index is 1080. The lowest BCUT2D eigenvalue weighted by Gasteiger charge is -2.15. The van der Waals surface area contributed by atoms with Gasteiger partial charge in [-0.3, -0.25) is 4.79 Å². The van der Waals surface area contributed by atoms with Gasteiger partial charge in [-0.1, -0.05) is 42.5 Å². The zero-order valence-electron chi connectivity index (χ0n) is 15.0. The molecule has 4 rings (SSSR count). The molecule has 0 unspecified atom stereocenters. The summed E-state index contributed by atoms with van der Waals surface area (Å²) in [7, 11) is 2.15. The first kappa shape index (κ1) is 16.6. The maximum Gasteiger partial charge on any atom is 0.258 e. The first-order valence-corrected chi connectivity index (χ1v) is 9.05. The number of H-pyrrole nitrogens is 1. The SMILES string of the molecule is CN(CCCc1ccccc1)Cc1cc2[nH]c(=O)c3ccccc3n2c1. The summed E-state index contributed by atoms with van der Waals surface area (Å²) in [6.45, 7) is 1.91. The number of para-hydroxylation sites is 1. The highest BCUT2D eigenvalue weighted by Crippen LogP contribution is 2.16. The van der Waals surface area contributed by atoms with Crippen LogP contribution in [0.2, 0.25) is 0 Å². The summed E-state index contributed by atoms with van der Waals surface area (Å²) in [6, 6.07) is 20.4. The molecule has 4 heteroatoms. The van der Waals surface area contributed by atoms with Crippen molar-refractivity contribution >= 4 is 16.6 Å². The number of aromatic nitrogens is 2. The van der Waals surface area contributed by atoms with Crippen LogP contribution in [-0.4, -0.2) is 27.9 Å². The number of fused-ring (bicyclic) bond motifs is 3. The molecule has 0 radical (unpaired) electrons. The summed E-state index contributed by atoms with van der Waals surface area (Å²) in [5.41, 5.74) is 4.36. The summed E-state index contributed by atoms with van der Waals surface area (Å²) in [5.74, 6) is 0. The van der Waals surface area contributed by atoms with Gasteiger partial charge < -0.3 is 14.3 Å². The van der Waals surface area contributed by atoms with Crippen LogP contribution in [0.4, 0.5) is 0 Å². The van der Waals surface area contributed by atoms with Gasteiger partial charge in [-0.15, -0.1) is 0 Å². The Hall–Kier alpha value is -2.85. The third kappa shape index (κ3) is 3.41. The summed E-state index contributed by atoms with van der Waals surface area (Å²) in [6.07, 6.45) is 4.36. The normalized spacial score (nSPS) is 11.6. The zero-order valence-corrected chi connectivity index (χ0v) is 15.0. The molecule has 2 heterocycles. The van der Waals surface area contributed by atoms with Crippen LogP contribution in [0, 0.1) is 0 Å². The monoisotopic (exact) mass is 345 g/mol. The van der Waals surface area contributed by atoms with E-state index in [2.05, 4.69) is 63.9 Å². The van der Waals surface area contributed by atoms with E-state index in [-0.39, 0.29) is 5.56 Å². The van der Waals surface area contributed by atoms with Gasteiger partial charge in [0.25, 0.3) is 5.56 Å². The van der Waals surface area contributed by atoms with Gasteiger partial charge in [-0.2, -0.15) is 0 Å². The predicted molar refractivity (Wildman–Crippen MR) is 107 cm³/mol. The Morgan fingerprint density at radius 2 is 1.77 bits per heavy atom. The molecule has 0 atom stereocenters. The fraction of sp³-hybridized carbons (Fsp3) is 0.227. The van der Waals surface area contributed by atoms with Crippen molar-refractivity contribution in [1.29, 1.82) is 0 Å². The van der Waals surface area contributed by atoms with E-state index in [4.69, 9.17) is 0 Å². The van der Waals surface area contributed by atoms with Crippen LogP contribution in [0.5, 0.6) is 0 Å². The molecule has 132 valence electrons. The van der Waals surface area contributed by atoms with E-state index in [1.807, 2.05) is 24.3 Å². The summed E-state index contributed by atoms with van der Waals surface area (Å²) < 4.78 is 2.07. The van der Waals surface area contributed by atoms with Crippen LogP contribution < -0.4 is 5.56 Å². The molecular weight excluding hydrogens is 322 g/mol. The van der Waals surface area contributed by atoms with Crippen molar-refractivity contribution in [3.05, 3.63) is 88.3 Å². The summed E-state index contributed by atoms with van der Waals surface area (Å²) in [4.78, 5) is 17.5. The third-order valence-corrected chi connectivity index (χ3v) is 4.83. The fourth-order valence-corrected chi connectivity index (χ4v) is 3.55. The fourth-order valence-electron chi connectivity index (χ4n) is 3.55. The van der Waals surface area contributed by atoms with Crippen LogP contribution in [0.15, 0.2) is 71.7 Å². The molecule has 0 bridgehead atoms. The van der Waals surface area contributed by atoms with Crippen LogP contribution >= 0.6 is 0 Å². The molecule has 0 aliphatic heterocycles. The maximum atomic E-state index is 12.2. The minimum Gasteiger partial charge on any atom is -0.308 e. The van der Waals surface area contributed by atoms with Crippen molar-refractivity contribution < 1.29 is 0 Å². The predicted octanol–water partition coefficient (Wildman–Crippen LogP) is 3.85. The lowest BCUT2D eigenvalue weighted by atomic mass is 10.1. The highest BCUT2D eigenvalue weighted by Gasteiger charge is 2.08. The highest BCUT2D eigenvalue weighted by molar-refractivity contribution is 5.80. The lowest BCUT2D eigenvalue weighted by Crippen LogP contribution is -2.19. The second-order valence-corrected chi connectivity index (χ2v) is 6.90. The highest BCUT2D eigenvalue weighted by atomic mass is 16.1. The number of benzene rings is 2. The minimum absolute atomic E-state index is 0.0334. The Morgan fingerprint density at radius 1 is 1.00 bits per heavy atom. The van der Waals surface area contributed by atoms with E-state index >= 15 is 0 Å². The van der Waals surface area contributed by atoms with E-state index in [9.17, 15) is 4.79 Å². The number of rotatable bonds is 6. The molecule has 26 heavy (non-hydrogen) atoms. The van der Waals surface area contributed by atoms with Crippen molar-refractivity contribution in [3.63, 3.8) is 0 Å². The Kier molecular flexibility index (Phi) is 4.59. The summed E-state index contributed by atoms with van der Waals surface area (Å²) >= 11 is 0. The van der Waals surface area contributed by atoms with Gasteiger partial charge in [0.15, 0.2) is 0 Å². The Morgan fingerprint density at radius 3 is 2.62 bits per heavy atom. The average molecular weight is 345 g/mol. The molecule has 1 N–H and O–H groups in total. The molecule has 0 fully saturated rings. The van der Waals surface area contributed by atoms with Gasteiger partial charge in [-0.05, 0) is 55.8 Å². The molecular formula is C22H23N3O. The van der Waals surface area contributed by atoms with Gasteiger partial charge in [0.2, 0.25) is 0 Å². The Labute approximate surface area is 152 Å². The molecule has 2 aromatic heterocycles. The minimum atomic E-state index is -0.0334. The van der Waals surface area contributed by atoms with Crippen LogP contribution in [-0.2, 0) is 13.0 Å². The van der Waals surface area contributed by atoms with Crippen molar-refractivity contribution in [2.45, 2.75) is 19.4 Å². The molecule has 0 spiro atoms. The molecule has 2 aromatic carbocycles. The Balaban J connectivity index is 1.47. The number of nitrogens with one attached hydrogen (secondary N) is 1. The lowest BCUT2D eigenvalue weighted by molar-refractivity contribution is 0.322. The average Bonchev–Trinajstić information content (AvgIpc) is 3.05. The van der Waals surface area contributed by atoms with Crippen LogP contribution in [0.1, 0.15) is 17.5 Å². The third-order valence-electron chi connectivity index (χ3n) is 4.83. The quantitative estimate of drug-likeness (QED) is 0.577. The van der Waals surface area contributed by atoms with E-state index in [0.29, 0.717) is 0 Å². The van der Waals surface area contributed by atoms with E-state index in [0.717, 1.165) is 42.5 Å². The van der Waals surface area contributed by atoms with Crippen molar-refractivity contribution in [1.82, 2.24) is 14.3 Å². The second kappa shape index (κ2) is 7.18. The smallest absolute Gasteiger partial charge is 0.258 e. The first-order valence-electron chi connectivity index (χ1n) is 9.05. The molecule has 0 aliphatic carbocycles. The molecule has 0 saturated heterocycles. The molecule has 0 saturated carbocycles. The maximum absolute atomic E-state index is 12.2. The first-order chi connectivity index (χ1) is 12.7. The van der Waals surface area contributed by atoms with Crippen molar-refractivity contribution in [2.24, 2.45) is 0 Å². The van der Waals surface area contributed by atoms with Gasteiger partial charge in [0, 0.05) is 12.7 Å².